The summed E-state index contributed by atoms with van der Waals surface area (Å²) in [4.78, 5) is 6.22. The van der Waals surface area contributed by atoms with Crippen LogP contribution >= 0.6 is 11.3 Å². The summed E-state index contributed by atoms with van der Waals surface area (Å²) in [5.41, 5.74) is 1.18. The summed E-state index contributed by atoms with van der Waals surface area (Å²) in [5.74, 6) is 0.852. The summed E-state index contributed by atoms with van der Waals surface area (Å²) >= 11 is 1.67. The molecule has 3 aromatic rings. The second kappa shape index (κ2) is 10.0. The summed E-state index contributed by atoms with van der Waals surface area (Å²) < 4.78 is 34.1. The van der Waals surface area contributed by atoms with E-state index in [4.69, 9.17) is 4.74 Å². The van der Waals surface area contributed by atoms with E-state index in [0.717, 1.165) is 31.9 Å². The number of rotatable bonds is 8. The minimum atomic E-state index is -3.59. The second-order valence-corrected chi connectivity index (χ2v) is 10.6. The summed E-state index contributed by atoms with van der Waals surface area (Å²) in [5, 5.41) is 2.05. The zero-order valence-electron chi connectivity index (χ0n) is 18.3. The molecule has 8 heteroatoms. The van der Waals surface area contributed by atoms with Crippen LogP contribution in [-0.4, -0.2) is 52.6 Å². The maximum Gasteiger partial charge on any atom is 0.240 e. The van der Waals surface area contributed by atoms with Crippen molar-refractivity contribution >= 4 is 27.0 Å². The summed E-state index contributed by atoms with van der Waals surface area (Å²) in [6, 6.07) is 20.5. The molecule has 1 saturated heterocycles. The highest BCUT2D eigenvalue weighted by Crippen LogP contribution is 2.31. The van der Waals surface area contributed by atoms with Gasteiger partial charge < -0.3 is 9.64 Å². The quantitative estimate of drug-likeness (QED) is 0.538. The number of methoxy groups -OCH3 is 1. The van der Waals surface area contributed by atoms with Gasteiger partial charge in [0.1, 0.15) is 5.75 Å². The molecule has 1 fully saturated rings. The predicted molar refractivity (Wildman–Crippen MR) is 130 cm³/mol. The molecular weight excluding hydrogens is 442 g/mol. The minimum Gasteiger partial charge on any atom is -0.497 e. The van der Waals surface area contributed by atoms with Gasteiger partial charge in [-0.15, -0.1) is 11.3 Å². The van der Waals surface area contributed by atoms with Gasteiger partial charge in [-0.3, -0.25) is 4.90 Å². The first-order valence-electron chi connectivity index (χ1n) is 10.7. The molecule has 0 saturated carbocycles. The highest BCUT2D eigenvalue weighted by atomic mass is 32.2. The molecule has 0 spiro atoms. The third-order valence-corrected chi connectivity index (χ3v) is 8.37. The topological polar surface area (TPSA) is 61.9 Å². The van der Waals surface area contributed by atoms with Gasteiger partial charge in [-0.25, -0.2) is 13.1 Å². The average molecular weight is 472 g/mol. The molecule has 1 N–H and O–H groups in total. The molecule has 0 bridgehead atoms. The van der Waals surface area contributed by atoms with Gasteiger partial charge >= 0.3 is 0 Å². The van der Waals surface area contributed by atoms with Gasteiger partial charge in [0, 0.05) is 42.8 Å². The van der Waals surface area contributed by atoms with Crippen molar-refractivity contribution in [2.75, 3.05) is 38.2 Å². The van der Waals surface area contributed by atoms with Crippen LogP contribution in [0.4, 0.5) is 5.69 Å². The van der Waals surface area contributed by atoms with Crippen LogP contribution in [0, 0.1) is 0 Å². The minimum absolute atomic E-state index is 0.0218. The smallest absolute Gasteiger partial charge is 0.240 e. The zero-order valence-corrected chi connectivity index (χ0v) is 20.0. The normalized spacial score (nSPS) is 17.1. The lowest BCUT2D eigenvalue weighted by molar-refractivity contribution is 0.164. The molecule has 1 aromatic heterocycles. The average Bonchev–Trinajstić information content (AvgIpc) is 3.34. The van der Waals surface area contributed by atoms with Crippen molar-refractivity contribution in [3.8, 4) is 5.75 Å². The van der Waals surface area contributed by atoms with Crippen LogP contribution in [0.25, 0.3) is 0 Å². The molecular formula is C24H29N3O3S2. The van der Waals surface area contributed by atoms with Crippen molar-refractivity contribution < 1.29 is 13.2 Å². The monoisotopic (exact) mass is 471 g/mol. The molecule has 2 aromatic carbocycles. The SMILES string of the molecule is COc1ccc(N2CCN([C@H](c3cccs3)[C@H](C)NS(=O)(=O)c3ccccc3)CC2)cc1. The molecule has 0 radical (unpaired) electrons. The first-order valence-corrected chi connectivity index (χ1v) is 13.1. The number of thiophene rings is 1. The fourth-order valence-corrected chi connectivity index (χ4v) is 6.46. The molecule has 2 atom stereocenters. The molecule has 4 rings (SSSR count). The van der Waals surface area contributed by atoms with E-state index in [0.29, 0.717) is 4.90 Å². The number of nitrogens with zero attached hydrogens (tertiary/aromatic N) is 2. The molecule has 6 nitrogen and oxygen atoms in total. The third-order valence-electron chi connectivity index (χ3n) is 5.85. The Morgan fingerprint density at radius 1 is 0.938 bits per heavy atom. The Hall–Kier alpha value is -2.39. The van der Waals surface area contributed by atoms with Gasteiger partial charge in [0.15, 0.2) is 0 Å². The number of anilines is 1. The molecule has 0 unspecified atom stereocenters. The van der Waals surface area contributed by atoms with E-state index in [2.05, 4.69) is 32.7 Å². The number of piperazine rings is 1. The lowest BCUT2D eigenvalue weighted by atomic mass is 10.1. The second-order valence-electron chi connectivity index (χ2n) is 7.90. The van der Waals surface area contributed by atoms with E-state index < -0.39 is 10.0 Å². The van der Waals surface area contributed by atoms with Crippen LogP contribution in [-0.2, 0) is 10.0 Å². The molecule has 2 heterocycles. The van der Waals surface area contributed by atoms with Gasteiger partial charge in [0.05, 0.1) is 18.0 Å². The van der Waals surface area contributed by atoms with Crippen molar-refractivity contribution in [3.05, 3.63) is 77.0 Å². The Morgan fingerprint density at radius 3 is 2.22 bits per heavy atom. The Balaban J connectivity index is 1.48. The maximum absolute atomic E-state index is 12.9. The third kappa shape index (κ3) is 5.15. The number of hydrogen-bond donors (Lipinski definition) is 1. The maximum atomic E-state index is 12.9. The van der Waals surface area contributed by atoms with Gasteiger partial charge in [-0.05, 0) is 54.8 Å². The molecule has 0 aliphatic carbocycles. The predicted octanol–water partition coefficient (Wildman–Crippen LogP) is 3.99. The van der Waals surface area contributed by atoms with E-state index in [1.54, 1.807) is 42.7 Å². The van der Waals surface area contributed by atoms with E-state index in [1.165, 1.54) is 10.6 Å². The van der Waals surface area contributed by atoms with Crippen molar-refractivity contribution in [1.29, 1.82) is 0 Å². The number of benzene rings is 2. The molecule has 170 valence electrons. The van der Waals surface area contributed by atoms with Crippen LogP contribution < -0.4 is 14.4 Å². The number of hydrogen-bond acceptors (Lipinski definition) is 6. The summed E-state index contributed by atoms with van der Waals surface area (Å²) in [6.45, 7) is 5.43. The summed E-state index contributed by atoms with van der Waals surface area (Å²) in [6.07, 6.45) is 0. The van der Waals surface area contributed by atoms with Crippen molar-refractivity contribution in [3.63, 3.8) is 0 Å². The van der Waals surface area contributed by atoms with Crippen molar-refractivity contribution in [2.45, 2.75) is 23.9 Å². The lowest BCUT2D eigenvalue weighted by Gasteiger charge is -2.42. The van der Waals surface area contributed by atoms with E-state index in [-0.39, 0.29) is 12.1 Å². The van der Waals surface area contributed by atoms with Crippen LogP contribution in [0.2, 0.25) is 0 Å². The van der Waals surface area contributed by atoms with Gasteiger partial charge in [0.2, 0.25) is 10.0 Å². The van der Waals surface area contributed by atoms with E-state index in [1.807, 2.05) is 36.6 Å². The lowest BCUT2D eigenvalue weighted by Crippen LogP contribution is -2.52. The largest absolute Gasteiger partial charge is 0.497 e. The standard InChI is InChI=1S/C24H29N3O3S2/c1-19(25-32(28,29)22-7-4-3-5-8-22)24(23-9-6-18-31-23)27-16-14-26(15-17-27)20-10-12-21(30-2)13-11-20/h3-13,18-19,24-25H,14-17H2,1-2H3/t19-,24-/m0/s1. The Labute approximate surface area is 194 Å². The fourth-order valence-electron chi connectivity index (χ4n) is 4.23. The van der Waals surface area contributed by atoms with Crippen LogP contribution in [0.5, 0.6) is 5.75 Å². The van der Waals surface area contributed by atoms with Crippen LogP contribution in [0.15, 0.2) is 77.0 Å². The van der Waals surface area contributed by atoms with Crippen LogP contribution in [0.3, 0.4) is 0 Å². The first-order chi connectivity index (χ1) is 15.5. The molecule has 0 amide bonds. The Bertz CT molecular complexity index is 1080. The molecule has 32 heavy (non-hydrogen) atoms. The van der Waals surface area contributed by atoms with Gasteiger partial charge in [0.25, 0.3) is 0 Å². The molecule has 1 aliphatic heterocycles. The zero-order chi connectivity index (χ0) is 22.6. The van der Waals surface area contributed by atoms with Crippen molar-refractivity contribution in [2.24, 2.45) is 0 Å². The molecule has 1 aliphatic rings. The van der Waals surface area contributed by atoms with E-state index >= 15 is 0 Å². The van der Waals surface area contributed by atoms with Gasteiger partial charge in [-0.2, -0.15) is 0 Å². The highest BCUT2D eigenvalue weighted by molar-refractivity contribution is 7.89. The van der Waals surface area contributed by atoms with Gasteiger partial charge in [-0.1, -0.05) is 24.3 Å². The first kappa shape index (κ1) is 22.8. The number of nitrogens with one attached hydrogen (secondary N) is 1. The summed E-state index contributed by atoms with van der Waals surface area (Å²) in [7, 11) is -1.92. The van der Waals surface area contributed by atoms with Crippen LogP contribution in [0.1, 0.15) is 17.8 Å². The fraction of sp³-hybridized carbons (Fsp3) is 0.333. The number of ether oxygens (including phenoxy) is 1. The van der Waals surface area contributed by atoms with E-state index in [9.17, 15) is 8.42 Å². The Kier molecular flexibility index (Phi) is 7.15. The van der Waals surface area contributed by atoms with Crippen molar-refractivity contribution in [1.82, 2.24) is 9.62 Å². The Morgan fingerprint density at radius 2 is 1.62 bits per heavy atom. The highest BCUT2D eigenvalue weighted by Gasteiger charge is 2.32. The number of sulfonamides is 1.